The SMILES string of the molecule is CCCCCCCCCCCCC1=CC(=O)C(CCO)O1. The van der Waals surface area contributed by atoms with Gasteiger partial charge in [0.25, 0.3) is 0 Å². The zero-order valence-electron chi connectivity index (χ0n) is 13.6. The number of ketones is 1. The number of carbonyl (C=O) groups is 1. The number of ether oxygens (including phenoxy) is 1. The monoisotopic (exact) mass is 296 g/mol. The fraction of sp³-hybridized carbons (Fsp3) is 0.833. The number of hydrogen-bond acceptors (Lipinski definition) is 3. The Morgan fingerprint density at radius 2 is 1.57 bits per heavy atom. The maximum Gasteiger partial charge on any atom is 0.199 e. The van der Waals surface area contributed by atoms with Crippen LogP contribution in [0, 0.1) is 0 Å². The van der Waals surface area contributed by atoms with E-state index in [9.17, 15) is 4.79 Å². The number of carbonyl (C=O) groups excluding carboxylic acids is 1. The minimum atomic E-state index is -0.423. The molecule has 0 aliphatic carbocycles. The fourth-order valence-electron chi connectivity index (χ4n) is 2.76. The lowest BCUT2D eigenvalue weighted by Crippen LogP contribution is -2.17. The van der Waals surface area contributed by atoms with Crippen LogP contribution in [0.2, 0.25) is 0 Å². The molecule has 1 N–H and O–H groups in total. The van der Waals surface area contributed by atoms with Gasteiger partial charge in [0.05, 0.1) is 0 Å². The molecule has 0 aromatic rings. The van der Waals surface area contributed by atoms with Crippen molar-refractivity contribution in [3.8, 4) is 0 Å². The van der Waals surface area contributed by atoms with Gasteiger partial charge in [0, 0.05) is 25.5 Å². The van der Waals surface area contributed by atoms with Crippen molar-refractivity contribution in [2.45, 2.75) is 90.1 Å². The maximum atomic E-state index is 11.5. The average Bonchev–Trinajstić information content (AvgIpc) is 2.82. The largest absolute Gasteiger partial charge is 0.486 e. The van der Waals surface area contributed by atoms with Crippen molar-refractivity contribution < 1.29 is 14.6 Å². The lowest BCUT2D eigenvalue weighted by atomic mass is 10.1. The van der Waals surface area contributed by atoms with E-state index in [4.69, 9.17) is 9.84 Å². The van der Waals surface area contributed by atoms with E-state index in [0.29, 0.717) is 6.42 Å². The lowest BCUT2D eigenvalue weighted by molar-refractivity contribution is -0.121. The molecule has 3 heteroatoms. The molecule has 0 saturated heterocycles. The second-order valence-electron chi connectivity index (χ2n) is 6.06. The Kier molecular flexibility index (Phi) is 10.2. The maximum absolute atomic E-state index is 11.5. The molecule has 0 fully saturated rings. The van der Waals surface area contributed by atoms with Crippen molar-refractivity contribution in [1.29, 1.82) is 0 Å². The van der Waals surface area contributed by atoms with Crippen LogP contribution in [0.25, 0.3) is 0 Å². The zero-order chi connectivity index (χ0) is 15.3. The summed E-state index contributed by atoms with van der Waals surface area (Å²) in [5.41, 5.74) is 0. The van der Waals surface area contributed by atoms with Crippen molar-refractivity contribution in [3.05, 3.63) is 11.8 Å². The third-order valence-electron chi connectivity index (χ3n) is 4.08. The summed E-state index contributed by atoms with van der Waals surface area (Å²) >= 11 is 0. The first-order valence-corrected chi connectivity index (χ1v) is 8.80. The first-order valence-electron chi connectivity index (χ1n) is 8.80. The predicted octanol–water partition coefficient (Wildman–Crippen LogP) is 4.53. The number of hydrogen-bond donors (Lipinski definition) is 1. The van der Waals surface area contributed by atoms with Crippen LogP contribution < -0.4 is 0 Å². The van der Waals surface area contributed by atoms with Crippen molar-refractivity contribution in [2.24, 2.45) is 0 Å². The molecule has 3 nitrogen and oxygen atoms in total. The summed E-state index contributed by atoms with van der Waals surface area (Å²) in [6.45, 7) is 2.26. The van der Waals surface area contributed by atoms with E-state index in [2.05, 4.69) is 6.92 Å². The molecule has 1 aliphatic rings. The highest BCUT2D eigenvalue weighted by Gasteiger charge is 2.25. The van der Waals surface area contributed by atoms with Crippen molar-refractivity contribution in [3.63, 3.8) is 0 Å². The van der Waals surface area contributed by atoms with E-state index in [1.807, 2.05) is 0 Å². The van der Waals surface area contributed by atoms with Crippen LogP contribution in [-0.4, -0.2) is 23.6 Å². The highest BCUT2D eigenvalue weighted by molar-refractivity contribution is 5.95. The summed E-state index contributed by atoms with van der Waals surface area (Å²) in [5.74, 6) is 0.837. The van der Waals surface area contributed by atoms with E-state index in [1.54, 1.807) is 6.08 Å². The Balaban J connectivity index is 1.91. The Bertz CT molecular complexity index is 310. The smallest absolute Gasteiger partial charge is 0.199 e. The molecular weight excluding hydrogens is 264 g/mol. The quantitative estimate of drug-likeness (QED) is 0.508. The Labute approximate surface area is 129 Å². The predicted molar refractivity (Wildman–Crippen MR) is 86.1 cm³/mol. The summed E-state index contributed by atoms with van der Waals surface area (Å²) in [4.78, 5) is 11.5. The van der Waals surface area contributed by atoms with Crippen LogP contribution in [0.5, 0.6) is 0 Å². The van der Waals surface area contributed by atoms with Gasteiger partial charge >= 0.3 is 0 Å². The van der Waals surface area contributed by atoms with Crippen LogP contribution in [0.3, 0.4) is 0 Å². The molecule has 1 heterocycles. The molecule has 0 saturated carbocycles. The number of aliphatic hydroxyl groups is 1. The second-order valence-corrected chi connectivity index (χ2v) is 6.06. The molecule has 0 amide bonds. The van der Waals surface area contributed by atoms with Crippen LogP contribution in [0.1, 0.15) is 84.0 Å². The number of allylic oxidation sites excluding steroid dienone is 1. The molecule has 0 spiro atoms. The van der Waals surface area contributed by atoms with Crippen molar-refractivity contribution >= 4 is 5.78 Å². The summed E-state index contributed by atoms with van der Waals surface area (Å²) < 4.78 is 5.55. The van der Waals surface area contributed by atoms with E-state index in [0.717, 1.165) is 18.6 Å². The standard InChI is InChI=1S/C18H32O3/c1-2-3-4-5-6-7-8-9-10-11-12-16-15-17(20)18(21-16)13-14-19/h15,18-19H,2-14H2,1H3. The first kappa shape index (κ1) is 18.2. The Morgan fingerprint density at radius 1 is 1.00 bits per heavy atom. The van der Waals surface area contributed by atoms with Gasteiger partial charge in [-0.2, -0.15) is 0 Å². The third-order valence-corrected chi connectivity index (χ3v) is 4.08. The van der Waals surface area contributed by atoms with Crippen LogP contribution in [-0.2, 0) is 9.53 Å². The van der Waals surface area contributed by atoms with Gasteiger partial charge in [-0.05, 0) is 6.42 Å². The molecule has 1 atom stereocenters. The number of unbranched alkanes of at least 4 members (excludes halogenated alkanes) is 9. The molecule has 1 unspecified atom stereocenters. The first-order chi connectivity index (χ1) is 10.3. The molecule has 0 aromatic heterocycles. The van der Waals surface area contributed by atoms with Crippen LogP contribution >= 0.6 is 0 Å². The van der Waals surface area contributed by atoms with Gasteiger partial charge in [-0.1, -0.05) is 64.7 Å². The molecule has 122 valence electrons. The van der Waals surface area contributed by atoms with Gasteiger partial charge in [-0.15, -0.1) is 0 Å². The topological polar surface area (TPSA) is 46.5 Å². The molecule has 1 rings (SSSR count). The molecule has 1 aliphatic heterocycles. The Morgan fingerprint density at radius 3 is 2.14 bits per heavy atom. The molecule has 0 radical (unpaired) electrons. The van der Waals surface area contributed by atoms with Gasteiger partial charge in [0.15, 0.2) is 11.9 Å². The second kappa shape index (κ2) is 11.8. The normalized spacial score (nSPS) is 17.9. The van der Waals surface area contributed by atoms with Gasteiger partial charge in [-0.3, -0.25) is 4.79 Å². The van der Waals surface area contributed by atoms with Crippen LogP contribution in [0.15, 0.2) is 11.8 Å². The Hall–Kier alpha value is -0.830. The number of rotatable bonds is 13. The highest BCUT2D eigenvalue weighted by atomic mass is 16.5. The molecule has 21 heavy (non-hydrogen) atoms. The number of aliphatic hydroxyl groups excluding tert-OH is 1. The lowest BCUT2D eigenvalue weighted by Gasteiger charge is -2.10. The van der Waals surface area contributed by atoms with Gasteiger partial charge in [-0.25, -0.2) is 0 Å². The summed E-state index contributed by atoms with van der Waals surface area (Å²) in [5, 5.41) is 8.84. The fourth-order valence-corrected chi connectivity index (χ4v) is 2.76. The minimum absolute atomic E-state index is 0.00971. The van der Waals surface area contributed by atoms with E-state index < -0.39 is 6.10 Å². The highest BCUT2D eigenvalue weighted by Crippen LogP contribution is 2.22. The van der Waals surface area contributed by atoms with Crippen LogP contribution in [0.4, 0.5) is 0 Å². The average molecular weight is 296 g/mol. The van der Waals surface area contributed by atoms with Crippen molar-refractivity contribution in [2.75, 3.05) is 6.61 Å². The van der Waals surface area contributed by atoms with E-state index >= 15 is 0 Å². The molecule has 0 aromatic carbocycles. The van der Waals surface area contributed by atoms with Crippen molar-refractivity contribution in [1.82, 2.24) is 0 Å². The van der Waals surface area contributed by atoms with Gasteiger partial charge in [0.2, 0.25) is 0 Å². The van der Waals surface area contributed by atoms with E-state index in [1.165, 1.54) is 57.8 Å². The summed E-state index contributed by atoms with van der Waals surface area (Å²) in [6.07, 6.45) is 15.6. The molecular formula is C18H32O3. The summed E-state index contributed by atoms with van der Waals surface area (Å²) in [6, 6.07) is 0. The summed E-state index contributed by atoms with van der Waals surface area (Å²) in [7, 11) is 0. The minimum Gasteiger partial charge on any atom is -0.486 e. The van der Waals surface area contributed by atoms with Gasteiger partial charge in [0.1, 0.15) is 5.76 Å². The molecule has 0 bridgehead atoms. The van der Waals surface area contributed by atoms with E-state index in [-0.39, 0.29) is 12.4 Å². The third kappa shape index (κ3) is 8.25. The zero-order valence-corrected chi connectivity index (χ0v) is 13.6. The van der Waals surface area contributed by atoms with Gasteiger partial charge < -0.3 is 9.84 Å².